The quantitative estimate of drug-likeness (QED) is 0.576. The minimum atomic E-state index is -1.41. The highest BCUT2D eigenvalue weighted by molar-refractivity contribution is 5.82. The second-order valence-electron chi connectivity index (χ2n) is 7.02. The highest BCUT2D eigenvalue weighted by Gasteiger charge is 2.50. The van der Waals surface area contributed by atoms with E-state index in [-0.39, 0.29) is 5.78 Å². The average molecular weight is 330 g/mol. The summed E-state index contributed by atoms with van der Waals surface area (Å²) < 4.78 is 5.60. The number of Topliss-reactive ketones (excluding diaryl/α,β-unsaturated/α-hetero) is 1. The van der Waals surface area contributed by atoms with Crippen molar-refractivity contribution >= 4 is 5.78 Å². The first-order chi connectivity index (χ1) is 10.9. The highest BCUT2D eigenvalue weighted by Crippen LogP contribution is 2.40. The Morgan fingerprint density at radius 2 is 1.78 bits per heavy atom. The molecule has 0 amide bonds. The SMILES string of the molecule is CCC[C@H]1CC(=O)[C@@H](C2OC(CO)C(O)C(O)C2O)C[C@H]1CC. The van der Waals surface area contributed by atoms with E-state index in [1.54, 1.807) is 0 Å². The minimum Gasteiger partial charge on any atom is -0.394 e. The van der Waals surface area contributed by atoms with E-state index < -0.39 is 43.0 Å². The summed E-state index contributed by atoms with van der Waals surface area (Å²) in [6.07, 6.45) is -1.78. The molecule has 0 aromatic rings. The van der Waals surface area contributed by atoms with Crippen LogP contribution in [-0.4, -0.2) is 63.3 Å². The number of rotatable bonds is 5. The molecule has 1 saturated heterocycles. The van der Waals surface area contributed by atoms with Crippen LogP contribution in [0.2, 0.25) is 0 Å². The maximum absolute atomic E-state index is 12.6. The zero-order valence-corrected chi connectivity index (χ0v) is 14.0. The molecular weight excluding hydrogens is 300 g/mol. The molecule has 134 valence electrons. The largest absolute Gasteiger partial charge is 0.394 e. The van der Waals surface area contributed by atoms with Crippen LogP contribution < -0.4 is 0 Å². The van der Waals surface area contributed by atoms with Crippen LogP contribution >= 0.6 is 0 Å². The van der Waals surface area contributed by atoms with E-state index in [0.717, 1.165) is 19.3 Å². The van der Waals surface area contributed by atoms with Gasteiger partial charge in [-0.15, -0.1) is 0 Å². The van der Waals surface area contributed by atoms with Gasteiger partial charge >= 0.3 is 0 Å². The average Bonchev–Trinajstić information content (AvgIpc) is 2.54. The first kappa shape index (κ1) is 18.8. The van der Waals surface area contributed by atoms with Gasteiger partial charge in [-0.2, -0.15) is 0 Å². The van der Waals surface area contributed by atoms with Crippen LogP contribution in [0.25, 0.3) is 0 Å². The first-order valence-electron chi connectivity index (χ1n) is 8.77. The van der Waals surface area contributed by atoms with Gasteiger partial charge in [0.25, 0.3) is 0 Å². The Morgan fingerprint density at radius 3 is 2.35 bits per heavy atom. The molecule has 1 aliphatic heterocycles. The molecule has 8 atom stereocenters. The first-order valence-corrected chi connectivity index (χ1v) is 8.77. The van der Waals surface area contributed by atoms with Crippen LogP contribution in [0, 0.1) is 17.8 Å². The fourth-order valence-electron chi connectivity index (χ4n) is 4.22. The van der Waals surface area contributed by atoms with Crippen molar-refractivity contribution in [1.29, 1.82) is 0 Å². The lowest BCUT2D eigenvalue weighted by molar-refractivity contribution is -0.242. The van der Waals surface area contributed by atoms with Crippen LogP contribution in [0.4, 0.5) is 0 Å². The van der Waals surface area contributed by atoms with Gasteiger partial charge in [0.1, 0.15) is 30.2 Å². The molecule has 1 aliphatic carbocycles. The Balaban J connectivity index is 2.14. The molecule has 6 heteroatoms. The molecule has 2 fully saturated rings. The van der Waals surface area contributed by atoms with Crippen molar-refractivity contribution in [2.75, 3.05) is 6.61 Å². The van der Waals surface area contributed by atoms with E-state index in [1.165, 1.54) is 0 Å². The molecule has 2 aliphatic rings. The van der Waals surface area contributed by atoms with Gasteiger partial charge < -0.3 is 25.2 Å². The maximum Gasteiger partial charge on any atom is 0.138 e. The molecule has 0 spiro atoms. The normalized spacial score (nSPS) is 45.2. The summed E-state index contributed by atoms with van der Waals surface area (Å²) in [5.74, 6) is 0.334. The van der Waals surface area contributed by atoms with Crippen molar-refractivity contribution in [3.05, 3.63) is 0 Å². The van der Waals surface area contributed by atoms with E-state index in [0.29, 0.717) is 24.7 Å². The summed E-state index contributed by atoms with van der Waals surface area (Å²) in [6, 6.07) is 0. The molecule has 0 radical (unpaired) electrons. The number of hydrogen-bond donors (Lipinski definition) is 4. The molecule has 0 bridgehead atoms. The number of aliphatic hydroxyl groups excluding tert-OH is 4. The second kappa shape index (κ2) is 8.03. The van der Waals surface area contributed by atoms with Crippen LogP contribution in [0.1, 0.15) is 46.0 Å². The second-order valence-corrected chi connectivity index (χ2v) is 7.02. The summed E-state index contributed by atoms with van der Waals surface area (Å²) in [5, 5.41) is 39.4. The number of carbonyl (C=O) groups excluding carboxylic acids is 1. The topological polar surface area (TPSA) is 107 Å². The van der Waals surface area contributed by atoms with Crippen molar-refractivity contribution in [3.8, 4) is 0 Å². The van der Waals surface area contributed by atoms with Crippen molar-refractivity contribution < 1.29 is 30.0 Å². The summed E-state index contributed by atoms with van der Waals surface area (Å²) >= 11 is 0. The lowest BCUT2D eigenvalue weighted by Gasteiger charge is -2.45. The van der Waals surface area contributed by atoms with E-state index in [2.05, 4.69) is 13.8 Å². The van der Waals surface area contributed by atoms with E-state index in [9.17, 15) is 25.2 Å². The molecule has 1 heterocycles. The van der Waals surface area contributed by atoms with Gasteiger partial charge in [-0.05, 0) is 18.3 Å². The Hall–Kier alpha value is -0.530. The minimum absolute atomic E-state index is 0.0532. The summed E-state index contributed by atoms with van der Waals surface area (Å²) in [6.45, 7) is 3.76. The monoisotopic (exact) mass is 330 g/mol. The predicted octanol–water partition coefficient (Wildman–Crippen LogP) is 0.250. The lowest BCUT2D eigenvalue weighted by Crippen LogP contribution is -2.61. The number of hydrogen-bond acceptors (Lipinski definition) is 6. The lowest BCUT2D eigenvalue weighted by atomic mass is 9.67. The number of aliphatic hydroxyl groups is 4. The predicted molar refractivity (Wildman–Crippen MR) is 83.7 cm³/mol. The van der Waals surface area contributed by atoms with Crippen molar-refractivity contribution in [2.24, 2.45) is 17.8 Å². The standard InChI is InChI=1S/C17H30O6/c1-3-5-10-7-12(19)11(6-9(10)4-2)17-16(22)15(21)14(20)13(8-18)23-17/h9-11,13-18,20-22H,3-8H2,1-2H3/t9-,10+,11+,13?,14?,15?,16?,17?/m1/s1. The molecule has 23 heavy (non-hydrogen) atoms. The molecule has 5 unspecified atom stereocenters. The molecule has 0 aromatic heterocycles. The van der Waals surface area contributed by atoms with Crippen LogP contribution in [-0.2, 0) is 9.53 Å². The highest BCUT2D eigenvalue weighted by atomic mass is 16.5. The zero-order valence-electron chi connectivity index (χ0n) is 14.0. The molecular formula is C17H30O6. The van der Waals surface area contributed by atoms with Gasteiger partial charge in [-0.1, -0.05) is 33.1 Å². The van der Waals surface area contributed by atoms with E-state index >= 15 is 0 Å². The van der Waals surface area contributed by atoms with Gasteiger partial charge in [-0.25, -0.2) is 0 Å². The summed E-state index contributed by atoms with van der Waals surface area (Å²) in [4.78, 5) is 12.6. The van der Waals surface area contributed by atoms with Crippen LogP contribution in [0.3, 0.4) is 0 Å². The third-order valence-electron chi connectivity index (χ3n) is 5.61. The van der Waals surface area contributed by atoms with Gasteiger partial charge in [0, 0.05) is 12.3 Å². The summed E-state index contributed by atoms with van der Waals surface area (Å²) in [7, 11) is 0. The fourth-order valence-corrected chi connectivity index (χ4v) is 4.22. The van der Waals surface area contributed by atoms with E-state index in [4.69, 9.17) is 4.74 Å². The van der Waals surface area contributed by atoms with Crippen molar-refractivity contribution in [1.82, 2.24) is 0 Å². The number of ether oxygens (including phenoxy) is 1. The Morgan fingerprint density at radius 1 is 1.09 bits per heavy atom. The van der Waals surface area contributed by atoms with Crippen molar-refractivity contribution in [2.45, 2.75) is 76.5 Å². The third-order valence-corrected chi connectivity index (χ3v) is 5.61. The zero-order chi connectivity index (χ0) is 17.1. The number of ketones is 1. The Kier molecular flexibility index (Phi) is 6.57. The molecule has 6 nitrogen and oxygen atoms in total. The van der Waals surface area contributed by atoms with Crippen molar-refractivity contribution in [3.63, 3.8) is 0 Å². The van der Waals surface area contributed by atoms with Crippen LogP contribution in [0.5, 0.6) is 0 Å². The number of carbonyl (C=O) groups is 1. The Labute approximate surface area is 137 Å². The Bertz CT molecular complexity index is 399. The fraction of sp³-hybridized carbons (Fsp3) is 0.941. The smallest absolute Gasteiger partial charge is 0.138 e. The molecule has 1 saturated carbocycles. The third kappa shape index (κ3) is 3.77. The molecule has 0 aromatic carbocycles. The summed E-state index contributed by atoms with van der Waals surface area (Å²) in [5.41, 5.74) is 0. The van der Waals surface area contributed by atoms with Gasteiger partial charge in [0.05, 0.1) is 12.7 Å². The molecule has 4 N–H and O–H groups in total. The van der Waals surface area contributed by atoms with Crippen LogP contribution in [0.15, 0.2) is 0 Å². The maximum atomic E-state index is 12.6. The van der Waals surface area contributed by atoms with E-state index in [1.807, 2.05) is 0 Å². The van der Waals surface area contributed by atoms with Gasteiger partial charge in [0.2, 0.25) is 0 Å². The molecule has 2 rings (SSSR count). The van der Waals surface area contributed by atoms with Gasteiger partial charge in [0.15, 0.2) is 0 Å². The van der Waals surface area contributed by atoms with Gasteiger partial charge in [-0.3, -0.25) is 4.79 Å².